The number of rotatable bonds is 5. The van der Waals surface area contributed by atoms with Crippen LogP contribution in [0.5, 0.6) is 0 Å². The van der Waals surface area contributed by atoms with E-state index >= 15 is 0 Å². The highest BCUT2D eigenvalue weighted by molar-refractivity contribution is 9.10. The lowest BCUT2D eigenvalue weighted by atomic mass is 10.1. The van der Waals surface area contributed by atoms with E-state index in [4.69, 9.17) is 10.2 Å². The average molecular weight is 309 g/mol. The second-order valence-corrected chi connectivity index (χ2v) is 4.80. The van der Waals surface area contributed by atoms with E-state index in [1.807, 2.05) is 30.3 Å². The molecule has 2 rings (SSSR count). The van der Waals surface area contributed by atoms with Crippen molar-refractivity contribution >= 4 is 21.6 Å². The van der Waals surface area contributed by atoms with E-state index in [2.05, 4.69) is 39.9 Å². The van der Waals surface area contributed by atoms with Crippen molar-refractivity contribution in [3.05, 3.63) is 52.9 Å². The zero-order chi connectivity index (χ0) is 13.0. The predicted molar refractivity (Wildman–Crippen MR) is 77.7 cm³/mol. The predicted octanol–water partition coefficient (Wildman–Crippen LogP) is 3.57. The van der Waals surface area contributed by atoms with Crippen molar-refractivity contribution in [1.29, 1.82) is 0 Å². The fourth-order valence-electron chi connectivity index (χ4n) is 2.11. The van der Waals surface area contributed by atoms with E-state index < -0.39 is 0 Å². The van der Waals surface area contributed by atoms with Gasteiger partial charge in [0.05, 0.1) is 6.04 Å². The molecule has 4 heteroatoms. The van der Waals surface area contributed by atoms with E-state index in [1.54, 1.807) is 0 Å². The fraction of sp³-hybridized carbons (Fsp3) is 0.286. The second kappa shape index (κ2) is 6.07. The van der Waals surface area contributed by atoms with Crippen LogP contribution in [0.4, 0.5) is 5.69 Å². The van der Waals surface area contributed by atoms with Gasteiger partial charge in [-0.15, -0.1) is 0 Å². The normalized spacial score (nSPS) is 12.4. The second-order valence-electron chi connectivity index (χ2n) is 4.01. The molecule has 0 saturated carbocycles. The van der Waals surface area contributed by atoms with Gasteiger partial charge in [0.25, 0.3) is 0 Å². The molecule has 1 aromatic heterocycles. The van der Waals surface area contributed by atoms with Crippen LogP contribution in [0.15, 0.2) is 51.6 Å². The Hall–Kier alpha value is -1.26. The molecule has 1 aromatic carbocycles. The van der Waals surface area contributed by atoms with E-state index in [-0.39, 0.29) is 6.04 Å². The first-order valence-corrected chi connectivity index (χ1v) is 6.82. The standard InChI is InChI=1S/C14H17BrN2O/c1-2-17(11-6-4-3-5-7-11)12(10-16)13-8-9-14(15)18-13/h3-9,12H,2,10,16H2,1H3. The maximum atomic E-state index is 5.91. The molecule has 0 spiro atoms. The third-order valence-electron chi connectivity index (χ3n) is 2.95. The van der Waals surface area contributed by atoms with Gasteiger partial charge in [-0.3, -0.25) is 0 Å². The third-order valence-corrected chi connectivity index (χ3v) is 3.38. The van der Waals surface area contributed by atoms with Gasteiger partial charge < -0.3 is 15.1 Å². The van der Waals surface area contributed by atoms with Crippen LogP contribution in [0.1, 0.15) is 18.7 Å². The fourth-order valence-corrected chi connectivity index (χ4v) is 2.43. The van der Waals surface area contributed by atoms with Gasteiger partial charge in [0.15, 0.2) is 4.67 Å². The summed E-state index contributed by atoms with van der Waals surface area (Å²) in [5.74, 6) is 0.884. The summed E-state index contributed by atoms with van der Waals surface area (Å²) in [6.07, 6.45) is 0. The molecular weight excluding hydrogens is 292 g/mol. The Labute approximate surface area is 116 Å². The third kappa shape index (κ3) is 2.76. The molecule has 0 radical (unpaired) electrons. The molecule has 0 amide bonds. The Morgan fingerprint density at radius 3 is 2.44 bits per heavy atom. The molecule has 0 aliphatic heterocycles. The molecule has 2 aromatic rings. The van der Waals surface area contributed by atoms with Crippen molar-refractivity contribution in [1.82, 2.24) is 0 Å². The quantitative estimate of drug-likeness (QED) is 0.918. The van der Waals surface area contributed by atoms with Crippen LogP contribution in [-0.4, -0.2) is 13.1 Å². The molecule has 0 aliphatic carbocycles. The number of hydrogen-bond donors (Lipinski definition) is 1. The molecule has 1 heterocycles. The van der Waals surface area contributed by atoms with Crippen LogP contribution in [0.3, 0.4) is 0 Å². The largest absolute Gasteiger partial charge is 0.452 e. The summed E-state index contributed by atoms with van der Waals surface area (Å²) in [6, 6.07) is 14.2. The molecule has 96 valence electrons. The van der Waals surface area contributed by atoms with Crippen LogP contribution >= 0.6 is 15.9 Å². The SMILES string of the molecule is CCN(c1ccccc1)C(CN)c1ccc(Br)o1. The maximum absolute atomic E-state index is 5.91. The highest BCUT2D eigenvalue weighted by atomic mass is 79.9. The number of halogens is 1. The Balaban J connectivity index is 2.30. The van der Waals surface area contributed by atoms with Crippen molar-refractivity contribution in [2.24, 2.45) is 5.73 Å². The Kier molecular flexibility index (Phi) is 4.44. The number of nitrogens with two attached hydrogens (primary N) is 1. The van der Waals surface area contributed by atoms with Crippen LogP contribution in [0.25, 0.3) is 0 Å². The summed E-state index contributed by atoms with van der Waals surface area (Å²) < 4.78 is 6.37. The van der Waals surface area contributed by atoms with Crippen molar-refractivity contribution < 1.29 is 4.42 Å². The molecule has 0 saturated heterocycles. The summed E-state index contributed by atoms with van der Waals surface area (Å²) in [5.41, 5.74) is 7.07. The molecule has 18 heavy (non-hydrogen) atoms. The van der Waals surface area contributed by atoms with E-state index in [1.165, 1.54) is 0 Å². The first kappa shape index (κ1) is 13.2. The molecule has 0 aliphatic rings. The molecule has 1 atom stereocenters. The maximum Gasteiger partial charge on any atom is 0.169 e. The molecule has 2 N–H and O–H groups in total. The van der Waals surface area contributed by atoms with Gasteiger partial charge in [0.1, 0.15) is 5.76 Å². The monoisotopic (exact) mass is 308 g/mol. The minimum Gasteiger partial charge on any atom is -0.452 e. The number of hydrogen-bond acceptors (Lipinski definition) is 3. The summed E-state index contributed by atoms with van der Waals surface area (Å²) in [4.78, 5) is 2.24. The smallest absolute Gasteiger partial charge is 0.169 e. The van der Waals surface area contributed by atoms with Gasteiger partial charge in [0.2, 0.25) is 0 Å². The van der Waals surface area contributed by atoms with E-state index in [0.717, 1.165) is 22.7 Å². The van der Waals surface area contributed by atoms with Gasteiger partial charge in [-0.25, -0.2) is 0 Å². The zero-order valence-electron chi connectivity index (χ0n) is 10.3. The number of anilines is 1. The molecule has 0 fully saturated rings. The topological polar surface area (TPSA) is 42.4 Å². The van der Waals surface area contributed by atoms with Crippen LogP contribution < -0.4 is 10.6 Å². The van der Waals surface area contributed by atoms with Crippen LogP contribution in [0.2, 0.25) is 0 Å². The Morgan fingerprint density at radius 2 is 1.94 bits per heavy atom. The molecule has 3 nitrogen and oxygen atoms in total. The minimum absolute atomic E-state index is 0.0590. The molecule has 0 bridgehead atoms. The highest BCUT2D eigenvalue weighted by Gasteiger charge is 2.21. The number of para-hydroxylation sites is 1. The van der Waals surface area contributed by atoms with Gasteiger partial charge in [0, 0.05) is 18.8 Å². The van der Waals surface area contributed by atoms with Crippen LogP contribution in [0, 0.1) is 0 Å². The lowest BCUT2D eigenvalue weighted by molar-refractivity contribution is 0.438. The first-order valence-electron chi connectivity index (χ1n) is 6.03. The van der Waals surface area contributed by atoms with Gasteiger partial charge >= 0.3 is 0 Å². The summed E-state index contributed by atoms with van der Waals surface area (Å²) in [5, 5.41) is 0. The van der Waals surface area contributed by atoms with Crippen molar-refractivity contribution in [2.75, 3.05) is 18.0 Å². The average Bonchev–Trinajstić information content (AvgIpc) is 2.83. The van der Waals surface area contributed by atoms with E-state index in [0.29, 0.717) is 6.54 Å². The number of nitrogens with zero attached hydrogens (tertiary/aromatic N) is 1. The van der Waals surface area contributed by atoms with Crippen molar-refractivity contribution in [2.45, 2.75) is 13.0 Å². The lowest BCUT2D eigenvalue weighted by Gasteiger charge is -2.30. The van der Waals surface area contributed by atoms with Crippen molar-refractivity contribution in [3.63, 3.8) is 0 Å². The van der Waals surface area contributed by atoms with Gasteiger partial charge in [-0.2, -0.15) is 0 Å². The van der Waals surface area contributed by atoms with E-state index in [9.17, 15) is 0 Å². The van der Waals surface area contributed by atoms with Crippen molar-refractivity contribution in [3.8, 4) is 0 Å². The lowest BCUT2D eigenvalue weighted by Crippen LogP contribution is -2.33. The summed E-state index contributed by atoms with van der Waals surface area (Å²) in [7, 11) is 0. The first-order chi connectivity index (χ1) is 8.76. The Morgan fingerprint density at radius 1 is 1.22 bits per heavy atom. The zero-order valence-corrected chi connectivity index (χ0v) is 11.9. The summed E-state index contributed by atoms with van der Waals surface area (Å²) >= 11 is 3.33. The number of furan rings is 1. The highest BCUT2D eigenvalue weighted by Crippen LogP contribution is 2.28. The Bertz CT molecular complexity index is 484. The van der Waals surface area contributed by atoms with Gasteiger partial charge in [-0.1, -0.05) is 18.2 Å². The molecular formula is C14H17BrN2O. The number of likely N-dealkylation sites (N-methyl/N-ethyl adjacent to an activating group) is 1. The minimum atomic E-state index is 0.0590. The summed E-state index contributed by atoms with van der Waals surface area (Å²) in [6.45, 7) is 3.51. The number of benzene rings is 1. The molecule has 1 unspecified atom stereocenters. The van der Waals surface area contributed by atoms with Gasteiger partial charge in [-0.05, 0) is 47.1 Å². The van der Waals surface area contributed by atoms with Crippen LogP contribution in [-0.2, 0) is 0 Å².